The molecule has 1 heterocycles. The van der Waals surface area contributed by atoms with E-state index >= 15 is 0 Å². The average Bonchev–Trinajstić information content (AvgIpc) is 2.87. The summed E-state index contributed by atoms with van der Waals surface area (Å²) in [5, 5.41) is 28.9. The second-order valence-corrected chi connectivity index (χ2v) is 3.97. The first-order valence-electron chi connectivity index (χ1n) is 6.08. The molecule has 4 N–H and O–H groups in total. The molecule has 0 aliphatic rings. The summed E-state index contributed by atoms with van der Waals surface area (Å²) in [5.74, 6) is -1.11. The van der Waals surface area contributed by atoms with Crippen molar-refractivity contribution in [3.05, 3.63) is 18.2 Å². The molecule has 112 valence electrons. The van der Waals surface area contributed by atoms with Crippen molar-refractivity contribution < 1.29 is 24.9 Å². The van der Waals surface area contributed by atoms with Gasteiger partial charge in [0.25, 0.3) is 0 Å². The molecule has 0 bridgehead atoms. The fourth-order valence-electron chi connectivity index (χ4n) is 1.55. The Morgan fingerprint density at radius 3 is 2.45 bits per heavy atom. The lowest BCUT2D eigenvalue weighted by atomic mass is 10.5. The summed E-state index contributed by atoms with van der Waals surface area (Å²) in [4.78, 5) is 27.3. The van der Waals surface area contributed by atoms with Crippen LogP contribution >= 0.6 is 0 Å². The van der Waals surface area contributed by atoms with Gasteiger partial charge in [0.05, 0.1) is 19.5 Å². The molecule has 9 heteroatoms. The summed E-state index contributed by atoms with van der Waals surface area (Å²) < 4.78 is 1.55. The Bertz CT molecular complexity index is 442. The summed E-state index contributed by atoms with van der Waals surface area (Å²) >= 11 is 0. The zero-order valence-electron chi connectivity index (χ0n) is 10.9. The highest BCUT2D eigenvalue weighted by Crippen LogP contribution is 1.95. The predicted octanol–water partition coefficient (Wildman–Crippen LogP) is -1.42. The van der Waals surface area contributed by atoms with Crippen LogP contribution in [0.4, 0.5) is 4.79 Å². The molecule has 0 saturated heterocycles. The molecule has 1 rings (SSSR count). The number of imidazole rings is 1. The third-order valence-corrected chi connectivity index (χ3v) is 2.53. The van der Waals surface area contributed by atoms with Gasteiger partial charge in [0.2, 0.25) is 0 Å². The molecule has 20 heavy (non-hydrogen) atoms. The highest BCUT2D eigenvalue weighted by Gasteiger charge is 2.11. The molecule has 2 amide bonds. The summed E-state index contributed by atoms with van der Waals surface area (Å²) in [6.45, 7) is 0.564. The third kappa shape index (κ3) is 4.86. The largest absolute Gasteiger partial charge is 0.476 e. The minimum Gasteiger partial charge on any atom is -0.476 e. The number of amides is 2. The zero-order valence-corrected chi connectivity index (χ0v) is 10.9. The predicted molar refractivity (Wildman–Crippen MR) is 68.3 cm³/mol. The molecule has 0 unspecified atom stereocenters. The van der Waals surface area contributed by atoms with Crippen LogP contribution in [0.15, 0.2) is 12.5 Å². The van der Waals surface area contributed by atoms with Gasteiger partial charge in [-0.05, 0) is 0 Å². The molecule has 1 aromatic heterocycles. The van der Waals surface area contributed by atoms with Gasteiger partial charge in [-0.1, -0.05) is 0 Å². The topological polar surface area (TPSA) is 128 Å². The molecule has 0 aromatic carbocycles. The van der Waals surface area contributed by atoms with Crippen molar-refractivity contribution in [1.29, 1.82) is 0 Å². The van der Waals surface area contributed by atoms with Crippen molar-refractivity contribution >= 4 is 12.0 Å². The van der Waals surface area contributed by atoms with Gasteiger partial charge >= 0.3 is 12.0 Å². The van der Waals surface area contributed by atoms with E-state index in [4.69, 9.17) is 15.3 Å². The van der Waals surface area contributed by atoms with Crippen molar-refractivity contribution in [1.82, 2.24) is 19.8 Å². The lowest BCUT2D eigenvalue weighted by Crippen LogP contribution is -2.43. The minimum atomic E-state index is -1.11. The van der Waals surface area contributed by atoms with Crippen molar-refractivity contribution in [2.24, 2.45) is 0 Å². The lowest BCUT2D eigenvalue weighted by molar-refractivity contribution is 0.0691. The van der Waals surface area contributed by atoms with E-state index in [0.717, 1.165) is 0 Å². The number of nitrogens with zero attached hydrogens (tertiary/aromatic N) is 3. The molecule has 1 aromatic rings. The average molecular weight is 286 g/mol. The standard InChI is InChI=1S/C11H18N4O5/c16-5-3-15(4-6-17)11(20)12-1-2-14-7-9(10(18)19)13-8-14/h7-8,16-17H,1-6H2,(H,12,20)(H,18,19). The van der Waals surface area contributed by atoms with Crippen molar-refractivity contribution in [3.8, 4) is 0 Å². The van der Waals surface area contributed by atoms with Crippen LogP contribution in [0.5, 0.6) is 0 Å². The number of aromatic nitrogens is 2. The van der Waals surface area contributed by atoms with Gasteiger partial charge in [-0.25, -0.2) is 14.6 Å². The number of hydrogen-bond donors (Lipinski definition) is 4. The van der Waals surface area contributed by atoms with Gasteiger partial charge in [-0.15, -0.1) is 0 Å². The van der Waals surface area contributed by atoms with Crippen LogP contribution in [0.3, 0.4) is 0 Å². The minimum absolute atomic E-state index is 0.0569. The first-order chi connectivity index (χ1) is 9.58. The number of hydrogen-bond acceptors (Lipinski definition) is 5. The van der Waals surface area contributed by atoms with Crippen molar-refractivity contribution in [3.63, 3.8) is 0 Å². The number of carbonyl (C=O) groups excluding carboxylic acids is 1. The van der Waals surface area contributed by atoms with Crippen LogP contribution in [0, 0.1) is 0 Å². The molecule has 0 aliphatic heterocycles. The smallest absolute Gasteiger partial charge is 0.356 e. The highest BCUT2D eigenvalue weighted by atomic mass is 16.4. The molecule has 9 nitrogen and oxygen atoms in total. The monoisotopic (exact) mass is 286 g/mol. The first-order valence-corrected chi connectivity index (χ1v) is 6.08. The van der Waals surface area contributed by atoms with E-state index in [0.29, 0.717) is 6.54 Å². The molecule has 0 fully saturated rings. The zero-order chi connectivity index (χ0) is 15.0. The second-order valence-electron chi connectivity index (χ2n) is 3.97. The van der Waals surface area contributed by atoms with Crippen LogP contribution in [0.1, 0.15) is 10.5 Å². The Balaban J connectivity index is 2.38. The van der Waals surface area contributed by atoms with Gasteiger partial charge in [0.1, 0.15) is 0 Å². The van der Waals surface area contributed by atoms with Crippen LogP contribution in [-0.2, 0) is 6.54 Å². The molecule has 0 spiro atoms. The number of urea groups is 1. The van der Waals surface area contributed by atoms with E-state index in [1.165, 1.54) is 17.4 Å². The Kier molecular flexibility index (Phi) is 6.47. The lowest BCUT2D eigenvalue weighted by Gasteiger charge is -2.21. The van der Waals surface area contributed by atoms with E-state index in [1.54, 1.807) is 4.57 Å². The molecule has 0 aliphatic carbocycles. The Morgan fingerprint density at radius 1 is 1.30 bits per heavy atom. The summed E-state index contributed by atoms with van der Waals surface area (Å²) in [5.41, 5.74) is -0.0569. The van der Waals surface area contributed by atoms with Gasteiger partial charge in [0, 0.05) is 32.4 Å². The SMILES string of the molecule is O=C(O)c1cn(CCNC(=O)N(CCO)CCO)cn1. The maximum Gasteiger partial charge on any atom is 0.356 e. The fraction of sp³-hybridized carbons (Fsp3) is 0.545. The number of nitrogens with one attached hydrogen (secondary N) is 1. The van der Waals surface area contributed by atoms with Gasteiger partial charge in [0.15, 0.2) is 5.69 Å². The van der Waals surface area contributed by atoms with E-state index in [1.807, 2.05) is 0 Å². The molecular weight excluding hydrogens is 268 g/mol. The molecule has 0 saturated carbocycles. The maximum atomic E-state index is 11.7. The number of aromatic carboxylic acids is 1. The van der Waals surface area contributed by atoms with Gasteiger partial charge in [-0.2, -0.15) is 0 Å². The summed E-state index contributed by atoms with van der Waals surface area (Å²) in [6.07, 6.45) is 2.74. The number of rotatable bonds is 8. The van der Waals surface area contributed by atoms with E-state index < -0.39 is 12.0 Å². The quantitative estimate of drug-likeness (QED) is 0.464. The fourth-order valence-corrected chi connectivity index (χ4v) is 1.55. The number of carboxylic acids is 1. The van der Waals surface area contributed by atoms with Gasteiger partial charge < -0.3 is 30.1 Å². The van der Waals surface area contributed by atoms with E-state index in [2.05, 4.69) is 10.3 Å². The third-order valence-electron chi connectivity index (χ3n) is 2.53. The number of aliphatic hydroxyl groups excluding tert-OH is 2. The normalized spacial score (nSPS) is 10.3. The maximum absolute atomic E-state index is 11.7. The van der Waals surface area contributed by atoms with Crippen LogP contribution < -0.4 is 5.32 Å². The van der Waals surface area contributed by atoms with E-state index in [-0.39, 0.29) is 38.5 Å². The summed E-state index contributed by atoms with van der Waals surface area (Å²) in [7, 11) is 0. The summed E-state index contributed by atoms with van der Waals surface area (Å²) in [6, 6.07) is -0.397. The number of carbonyl (C=O) groups is 2. The van der Waals surface area contributed by atoms with Crippen LogP contribution in [0.2, 0.25) is 0 Å². The Hall–Kier alpha value is -2.13. The van der Waals surface area contributed by atoms with Crippen molar-refractivity contribution in [2.75, 3.05) is 32.8 Å². The molecule has 0 radical (unpaired) electrons. The Labute approximate surface area is 115 Å². The van der Waals surface area contributed by atoms with Gasteiger partial charge in [-0.3, -0.25) is 0 Å². The molecular formula is C11H18N4O5. The van der Waals surface area contributed by atoms with E-state index in [9.17, 15) is 9.59 Å². The van der Waals surface area contributed by atoms with Crippen LogP contribution in [0.25, 0.3) is 0 Å². The van der Waals surface area contributed by atoms with Crippen LogP contribution in [-0.4, -0.2) is 74.6 Å². The van der Waals surface area contributed by atoms with Crippen molar-refractivity contribution in [2.45, 2.75) is 6.54 Å². The second kappa shape index (κ2) is 8.12. The number of aliphatic hydroxyl groups is 2. The molecule has 0 atom stereocenters. The first kappa shape index (κ1) is 15.9. The highest BCUT2D eigenvalue weighted by molar-refractivity contribution is 5.84. The number of carboxylic acid groups (broad SMARTS) is 1. The Morgan fingerprint density at radius 2 is 1.95 bits per heavy atom.